The Morgan fingerprint density at radius 1 is 1.17 bits per heavy atom. The van der Waals surface area contributed by atoms with E-state index in [9.17, 15) is 4.79 Å². The number of hydrogen-bond donors (Lipinski definition) is 1. The zero-order valence-electron chi connectivity index (χ0n) is 15.1. The summed E-state index contributed by atoms with van der Waals surface area (Å²) in [6, 6.07) is 13.8. The molecule has 0 saturated carbocycles. The highest BCUT2D eigenvalue weighted by Gasteiger charge is 2.17. The average Bonchev–Trinajstić information content (AvgIpc) is 2.57. The second-order valence-electron chi connectivity index (χ2n) is 6.21. The molecule has 0 aromatic heterocycles. The van der Waals surface area contributed by atoms with Crippen LogP contribution in [0, 0.1) is 13.8 Å². The number of nitrogens with zero attached hydrogens (tertiary/aromatic N) is 1. The molecule has 1 atom stereocenters. The first-order valence-corrected chi connectivity index (χ1v) is 8.08. The van der Waals surface area contributed by atoms with Crippen molar-refractivity contribution in [1.29, 1.82) is 0 Å². The van der Waals surface area contributed by atoms with Gasteiger partial charge in [0.2, 0.25) is 0 Å². The summed E-state index contributed by atoms with van der Waals surface area (Å²) in [5.74, 6) is 0.783. The maximum Gasteiger partial charge on any atom is 0.251 e. The highest BCUT2D eigenvalue weighted by molar-refractivity contribution is 5.95. The van der Waals surface area contributed by atoms with Gasteiger partial charge in [0.25, 0.3) is 5.91 Å². The smallest absolute Gasteiger partial charge is 0.251 e. The van der Waals surface area contributed by atoms with Crippen molar-refractivity contribution < 1.29 is 9.53 Å². The van der Waals surface area contributed by atoms with Crippen LogP contribution in [0.3, 0.4) is 0 Å². The van der Waals surface area contributed by atoms with Gasteiger partial charge in [-0.2, -0.15) is 0 Å². The first kappa shape index (κ1) is 18.0. The molecule has 0 bridgehead atoms. The molecule has 2 aromatic carbocycles. The lowest BCUT2D eigenvalue weighted by Gasteiger charge is -2.25. The molecule has 4 nitrogen and oxygen atoms in total. The maximum atomic E-state index is 12.5. The number of methoxy groups -OCH3 is 1. The van der Waals surface area contributed by atoms with Crippen LogP contribution in [0.4, 0.5) is 0 Å². The number of aryl methyl sites for hydroxylation is 1. The van der Waals surface area contributed by atoms with E-state index in [0.717, 1.165) is 28.0 Å². The summed E-state index contributed by atoms with van der Waals surface area (Å²) in [7, 11) is 5.68. The molecule has 0 aliphatic rings. The van der Waals surface area contributed by atoms with Crippen molar-refractivity contribution >= 4 is 5.91 Å². The predicted molar refractivity (Wildman–Crippen MR) is 97.7 cm³/mol. The van der Waals surface area contributed by atoms with Crippen LogP contribution in [0.1, 0.15) is 33.1 Å². The number of rotatable bonds is 6. The van der Waals surface area contributed by atoms with Gasteiger partial charge in [-0.3, -0.25) is 4.79 Å². The minimum absolute atomic E-state index is 0.0362. The largest absolute Gasteiger partial charge is 0.497 e. The van der Waals surface area contributed by atoms with Gasteiger partial charge < -0.3 is 15.0 Å². The van der Waals surface area contributed by atoms with Gasteiger partial charge >= 0.3 is 0 Å². The fraction of sp³-hybridized carbons (Fsp3) is 0.350. The van der Waals surface area contributed by atoms with E-state index in [1.807, 2.05) is 64.3 Å². The van der Waals surface area contributed by atoms with E-state index in [-0.39, 0.29) is 11.9 Å². The highest BCUT2D eigenvalue weighted by atomic mass is 16.5. The van der Waals surface area contributed by atoms with E-state index < -0.39 is 0 Å². The Hall–Kier alpha value is -2.33. The molecular formula is C20H26N2O2. The molecule has 0 fully saturated rings. The topological polar surface area (TPSA) is 41.6 Å². The lowest BCUT2D eigenvalue weighted by Crippen LogP contribution is -2.34. The molecule has 0 saturated heterocycles. The molecule has 1 unspecified atom stereocenters. The Balaban J connectivity index is 2.14. The minimum Gasteiger partial charge on any atom is -0.497 e. The average molecular weight is 326 g/mol. The number of ether oxygens (including phenoxy) is 1. The Kier molecular flexibility index (Phi) is 5.99. The third kappa shape index (κ3) is 4.15. The summed E-state index contributed by atoms with van der Waals surface area (Å²) in [6.07, 6.45) is 0. The Bertz CT molecular complexity index is 711. The first-order chi connectivity index (χ1) is 11.4. The van der Waals surface area contributed by atoms with Crippen molar-refractivity contribution in [3.8, 4) is 5.75 Å². The second kappa shape index (κ2) is 7.97. The normalized spacial score (nSPS) is 12.1. The molecule has 2 rings (SSSR count). The monoisotopic (exact) mass is 326 g/mol. The van der Waals surface area contributed by atoms with Crippen LogP contribution < -0.4 is 10.1 Å². The summed E-state index contributed by atoms with van der Waals surface area (Å²) in [5, 5.41) is 3.06. The minimum atomic E-state index is -0.0362. The molecule has 2 aromatic rings. The van der Waals surface area contributed by atoms with E-state index in [1.54, 1.807) is 7.11 Å². The van der Waals surface area contributed by atoms with E-state index in [1.165, 1.54) is 0 Å². The molecule has 0 spiro atoms. The summed E-state index contributed by atoms with van der Waals surface area (Å²) in [6.45, 7) is 4.53. The summed E-state index contributed by atoms with van der Waals surface area (Å²) < 4.78 is 5.30. The molecule has 128 valence electrons. The molecule has 4 heteroatoms. The van der Waals surface area contributed by atoms with E-state index >= 15 is 0 Å². The van der Waals surface area contributed by atoms with E-state index in [2.05, 4.69) is 16.3 Å². The number of benzene rings is 2. The number of carbonyl (C=O) groups excluding carboxylic acids is 1. The van der Waals surface area contributed by atoms with Crippen molar-refractivity contribution in [2.24, 2.45) is 0 Å². The number of carbonyl (C=O) groups is 1. The van der Waals surface area contributed by atoms with Crippen molar-refractivity contribution in [1.82, 2.24) is 10.2 Å². The van der Waals surface area contributed by atoms with Gasteiger partial charge in [-0.15, -0.1) is 0 Å². The third-order valence-electron chi connectivity index (χ3n) is 4.41. The van der Waals surface area contributed by atoms with Crippen LogP contribution in [0.25, 0.3) is 0 Å². The Labute approximate surface area is 144 Å². The molecule has 0 radical (unpaired) electrons. The quantitative estimate of drug-likeness (QED) is 0.885. The van der Waals surface area contributed by atoms with Crippen molar-refractivity contribution in [3.05, 3.63) is 64.7 Å². The van der Waals surface area contributed by atoms with Crippen LogP contribution in [0.15, 0.2) is 42.5 Å². The van der Waals surface area contributed by atoms with Crippen LogP contribution in [-0.2, 0) is 0 Å². The van der Waals surface area contributed by atoms with Gasteiger partial charge in [-0.1, -0.05) is 24.3 Å². The molecule has 24 heavy (non-hydrogen) atoms. The van der Waals surface area contributed by atoms with Gasteiger partial charge in [-0.05, 0) is 62.8 Å². The van der Waals surface area contributed by atoms with Crippen molar-refractivity contribution in [2.75, 3.05) is 27.7 Å². The number of amides is 1. The van der Waals surface area contributed by atoms with Gasteiger partial charge in [0, 0.05) is 12.1 Å². The number of nitrogens with one attached hydrogen (secondary N) is 1. The Morgan fingerprint density at radius 2 is 1.88 bits per heavy atom. The van der Waals surface area contributed by atoms with Crippen molar-refractivity contribution in [2.45, 2.75) is 19.9 Å². The fourth-order valence-corrected chi connectivity index (χ4v) is 2.73. The predicted octanol–water partition coefficient (Wildman–Crippen LogP) is 3.34. The van der Waals surface area contributed by atoms with Gasteiger partial charge in [-0.25, -0.2) is 0 Å². The zero-order valence-corrected chi connectivity index (χ0v) is 15.1. The van der Waals surface area contributed by atoms with Crippen LogP contribution >= 0.6 is 0 Å². The summed E-state index contributed by atoms with van der Waals surface area (Å²) >= 11 is 0. The molecule has 1 amide bonds. The summed E-state index contributed by atoms with van der Waals surface area (Å²) in [4.78, 5) is 14.6. The molecule has 0 heterocycles. The standard InChI is InChI=1S/C20H26N2O2/c1-14-8-6-11-18(15(14)2)20(23)21-13-19(22(3)4)16-9-7-10-17(12-16)24-5/h6-12,19H,13H2,1-5H3,(H,21,23). The lowest BCUT2D eigenvalue weighted by molar-refractivity contribution is 0.0941. The summed E-state index contributed by atoms with van der Waals surface area (Å²) in [5.41, 5.74) is 4.00. The molecule has 1 N–H and O–H groups in total. The number of hydrogen-bond acceptors (Lipinski definition) is 3. The third-order valence-corrected chi connectivity index (χ3v) is 4.41. The van der Waals surface area contributed by atoms with Crippen LogP contribution in [0.5, 0.6) is 5.75 Å². The van der Waals surface area contributed by atoms with Gasteiger partial charge in [0.05, 0.1) is 13.2 Å². The van der Waals surface area contributed by atoms with E-state index in [4.69, 9.17) is 4.74 Å². The highest BCUT2D eigenvalue weighted by Crippen LogP contribution is 2.22. The second-order valence-corrected chi connectivity index (χ2v) is 6.21. The van der Waals surface area contributed by atoms with E-state index in [0.29, 0.717) is 6.54 Å². The van der Waals surface area contributed by atoms with Crippen molar-refractivity contribution in [3.63, 3.8) is 0 Å². The zero-order chi connectivity index (χ0) is 17.7. The Morgan fingerprint density at radius 3 is 2.54 bits per heavy atom. The first-order valence-electron chi connectivity index (χ1n) is 8.08. The number of likely N-dealkylation sites (N-methyl/N-ethyl adjacent to an activating group) is 1. The molecular weight excluding hydrogens is 300 g/mol. The molecule has 0 aliphatic carbocycles. The van der Waals surface area contributed by atoms with Crippen LogP contribution in [0.2, 0.25) is 0 Å². The van der Waals surface area contributed by atoms with Gasteiger partial charge in [0.1, 0.15) is 5.75 Å². The van der Waals surface area contributed by atoms with Gasteiger partial charge in [0.15, 0.2) is 0 Å². The lowest BCUT2D eigenvalue weighted by atomic mass is 10.0. The fourth-order valence-electron chi connectivity index (χ4n) is 2.73. The molecule has 0 aliphatic heterocycles. The SMILES string of the molecule is COc1cccc(C(CNC(=O)c2cccc(C)c2C)N(C)C)c1. The maximum absolute atomic E-state index is 12.5. The van der Waals surface area contributed by atoms with Crippen LogP contribution in [-0.4, -0.2) is 38.6 Å².